The number of rotatable bonds is 3. The molecule has 1 heterocycles. The molecular weight excluding hydrogens is 228 g/mol. The molecule has 1 saturated carbocycles. The van der Waals surface area contributed by atoms with Gasteiger partial charge in [0.2, 0.25) is 5.91 Å². The van der Waals surface area contributed by atoms with Crippen molar-refractivity contribution in [2.75, 3.05) is 5.32 Å². The third-order valence-corrected chi connectivity index (χ3v) is 3.76. The lowest BCUT2D eigenvalue weighted by Gasteiger charge is -2.06. The largest absolute Gasteiger partial charge is 0.349 e. The molecule has 1 aromatic rings. The molecule has 1 aromatic carbocycles. The summed E-state index contributed by atoms with van der Waals surface area (Å²) >= 11 is 0. The molecule has 2 unspecified atom stereocenters. The number of nitrogens with one attached hydrogen (secondary N) is 2. The van der Waals surface area contributed by atoms with Crippen molar-refractivity contribution in [1.82, 2.24) is 5.32 Å². The van der Waals surface area contributed by atoms with E-state index in [4.69, 9.17) is 0 Å². The van der Waals surface area contributed by atoms with Gasteiger partial charge in [-0.15, -0.1) is 0 Å². The molecule has 4 nitrogen and oxygen atoms in total. The van der Waals surface area contributed by atoms with Gasteiger partial charge in [0.15, 0.2) is 0 Å². The normalized spacial score (nSPS) is 24.4. The van der Waals surface area contributed by atoms with E-state index in [0.29, 0.717) is 23.9 Å². The van der Waals surface area contributed by atoms with Crippen LogP contribution in [0.3, 0.4) is 0 Å². The van der Waals surface area contributed by atoms with Gasteiger partial charge in [0.25, 0.3) is 5.91 Å². The second kappa shape index (κ2) is 4.12. The molecule has 3 rings (SSSR count). The number of carbonyl (C=O) groups excluding carboxylic acids is 2. The summed E-state index contributed by atoms with van der Waals surface area (Å²) in [5.41, 5.74) is 2.39. The van der Waals surface area contributed by atoms with E-state index in [-0.39, 0.29) is 11.8 Å². The maximum Gasteiger partial charge on any atom is 0.251 e. The molecule has 0 spiro atoms. The minimum Gasteiger partial charge on any atom is -0.349 e. The Morgan fingerprint density at radius 1 is 1.50 bits per heavy atom. The molecule has 0 bridgehead atoms. The summed E-state index contributed by atoms with van der Waals surface area (Å²) in [6, 6.07) is 5.73. The first-order valence-corrected chi connectivity index (χ1v) is 6.41. The first-order chi connectivity index (χ1) is 8.67. The molecule has 4 heteroatoms. The van der Waals surface area contributed by atoms with Gasteiger partial charge in [-0.25, -0.2) is 0 Å². The fourth-order valence-electron chi connectivity index (χ4n) is 2.50. The number of carbonyl (C=O) groups is 2. The third-order valence-electron chi connectivity index (χ3n) is 3.76. The number of hydrogen-bond donors (Lipinski definition) is 2. The predicted molar refractivity (Wildman–Crippen MR) is 68.4 cm³/mol. The lowest BCUT2D eigenvalue weighted by molar-refractivity contribution is -0.115. The van der Waals surface area contributed by atoms with Crippen LogP contribution in [0.4, 0.5) is 5.69 Å². The molecule has 18 heavy (non-hydrogen) atoms. The summed E-state index contributed by atoms with van der Waals surface area (Å²) < 4.78 is 0. The van der Waals surface area contributed by atoms with Gasteiger partial charge in [0.1, 0.15) is 0 Å². The Morgan fingerprint density at radius 2 is 2.33 bits per heavy atom. The molecule has 94 valence electrons. The molecule has 2 atom stereocenters. The zero-order chi connectivity index (χ0) is 12.7. The van der Waals surface area contributed by atoms with E-state index >= 15 is 0 Å². The maximum absolute atomic E-state index is 12.0. The van der Waals surface area contributed by atoms with Gasteiger partial charge >= 0.3 is 0 Å². The molecule has 1 fully saturated rings. The minimum absolute atomic E-state index is 0.00389. The van der Waals surface area contributed by atoms with Crippen molar-refractivity contribution in [3.63, 3.8) is 0 Å². The highest BCUT2D eigenvalue weighted by atomic mass is 16.2. The predicted octanol–water partition coefficient (Wildman–Crippen LogP) is 1.71. The van der Waals surface area contributed by atoms with Crippen LogP contribution in [0, 0.1) is 5.92 Å². The number of anilines is 1. The lowest BCUT2D eigenvalue weighted by Crippen LogP contribution is -2.26. The first kappa shape index (κ1) is 11.3. The van der Waals surface area contributed by atoms with Gasteiger partial charge in [0, 0.05) is 17.3 Å². The fourth-order valence-corrected chi connectivity index (χ4v) is 2.50. The summed E-state index contributed by atoms with van der Waals surface area (Å²) in [6.45, 7) is 2.14. The second-order valence-corrected chi connectivity index (χ2v) is 5.08. The Kier molecular flexibility index (Phi) is 2.58. The molecule has 0 aromatic heterocycles. The van der Waals surface area contributed by atoms with E-state index in [2.05, 4.69) is 17.6 Å². The summed E-state index contributed by atoms with van der Waals surface area (Å²) in [4.78, 5) is 23.3. The average Bonchev–Trinajstić information content (AvgIpc) is 2.98. The monoisotopic (exact) mass is 244 g/mol. The van der Waals surface area contributed by atoms with E-state index in [9.17, 15) is 9.59 Å². The maximum atomic E-state index is 12.0. The Hall–Kier alpha value is -1.84. The SMILES string of the molecule is CCC1CC1NC(=O)c1ccc2c(c1)CC(=O)N2. The number of benzene rings is 1. The summed E-state index contributed by atoms with van der Waals surface area (Å²) in [7, 11) is 0. The molecule has 0 radical (unpaired) electrons. The first-order valence-electron chi connectivity index (χ1n) is 6.41. The van der Waals surface area contributed by atoms with Crippen LogP contribution in [-0.2, 0) is 11.2 Å². The fraction of sp³-hybridized carbons (Fsp3) is 0.429. The minimum atomic E-state index is -0.0295. The van der Waals surface area contributed by atoms with Crippen molar-refractivity contribution < 1.29 is 9.59 Å². The van der Waals surface area contributed by atoms with Crippen LogP contribution in [0.5, 0.6) is 0 Å². The Morgan fingerprint density at radius 3 is 3.06 bits per heavy atom. The van der Waals surface area contributed by atoms with Crippen LogP contribution in [0.15, 0.2) is 18.2 Å². The summed E-state index contributed by atoms with van der Waals surface area (Å²) in [5.74, 6) is 0.612. The van der Waals surface area contributed by atoms with Crippen LogP contribution in [0.25, 0.3) is 0 Å². The molecule has 0 saturated heterocycles. The smallest absolute Gasteiger partial charge is 0.251 e. The van der Waals surface area contributed by atoms with E-state index in [1.165, 1.54) is 0 Å². The molecule has 2 aliphatic rings. The van der Waals surface area contributed by atoms with E-state index < -0.39 is 0 Å². The highest BCUT2D eigenvalue weighted by molar-refractivity contribution is 6.01. The average molecular weight is 244 g/mol. The topological polar surface area (TPSA) is 58.2 Å². The van der Waals surface area contributed by atoms with Crippen LogP contribution < -0.4 is 10.6 Å². The molecule has 2 N–H and O–H groups in total. The van der Waals surface area contributed by atoms with Gasteiger partial charge in [-0.3, -0.25) is 9.59 Å². The Bertz CT molecular complexity index is 525. The summed E-state index contributed by atoms with van der Waals surface area (Å²) in [5, 5.41) is 5.79. The van der Waals surface area contributed by atoms with E-state index in [1.54, 1.807) is 12.1 Å². The van der Waals surface area contributed by atoms with Crippen molar-refractivity contribution >= 4 is 17.5 Å². The van der Waals surface area contributed by atoms with Crippen molar-refractivity contribution in [3.05, 3.63) is 29.3 Å². The van der Waals surface area contributed by atoms with Crippen molar-refractivity contribution in [3.8, 4) is 0 Å². The van der Waals surface area contributed by atoms with Gasteiger partial charge in [0.05, 0.1) is 6.42 Å². The van der Waals surface area contributed by atoms with Gasteiger partial charge in [-0.1, -0.05) is 13.3 Å². The second-order valence-electron chi connectivity index (χ2n) is 5.08. The molecular formula is C14H16N2O2. The third kappa shape index (κ3) is 1.98. The molecule has 1 aliphatic carbocycles. The molecule has 1 aliphatic heterocycles. The zero-order valence-electron chi connectivity index (χ0n) is 10.3. The number of amides is 2. The van der Waals surface area contributed by atoms with Crippen molar-refractivity contribution in [1.29, 1.82) is 0 Å². The lowest BCUT2D eigenvalue weighted by atomic mass is 10.1. The van der Waals surface area contributed by atoms with Crippen LogP contribution in [0.1, 0.15) is 35.7 Å². The van der Waals surface area contributed by atoms with Crippen LogP contribution >= 0.6 is 0 Å². The number of hydrogen-bond acceptors (Lipinski definition) is 2. The van der Waals surface area contributed by atoms with E-state index in [0.717, 1.165) is 24.1 Å². The highest BCUT2D eigenvalue weighted by Crippen LogP contribution is 2.33. The number of fused-ring (bicyclic) bond motifs is 1. The van der Waals surface area contributed by atoms with Crippen molar-refractivity contribution in [2.45, 2.75) is 32.2 Å². The van der Waals surface area contributed by atoms with E-state index in [1.807, 2.05) is 6.07 Å². The Labute approximate surface area is 106 Å². The quantitative estimate of drug-likeness (QED) is 0.850. The van der Waals surface area contributed by atoms with Crippen LogP contribution in [-0.4, -0.2) is 17.9 Å². The van der Waals surface area contributed by atoms with Gasteiger partial charge in [-0.2, -0.15) is 0 Å². The Balaban J connectivity index is 1.71. The van der Waals surface area contributed by atoms with Crippen LogP contribution in [0.2, 0.25) is 0 Å². The van der Waals surface area contributed by atoms with Gasteiger partial charge in [-0.05, 0) is 36.1 Å². The summed E-state index contributed by atoms with van der Waals surface area (Å²) in [6.07, 6.45) is 2.58. The van der Waals surface area contributed by atoms with Gasteiger partial charge < -0.3 is 10.6 Å². The molecule has 2 amide bonds. The highest BCUT2D eigenvalue weighted by Gasteiger charge is 2.36. The standard InChI is InChI=1S/C14H16N2O2/c1-2-8-6-12(8)16-14(18)9-3-4-11-10(5-9)7-13(17)15-11/h3-5,8,12H,2,6-7H2,1H3,(H,15,17)(H,16,18). The zero-order valence-corrected chi connectivity index (χ0v) is 10.3. The van der Waals surface area contributed by atoms with Crippen molar-refractivity contribution in [2.24, 2.45) is 5.92 Å².